The van der Waals surface area contributed by atoms with Gasteiger partial charge in [0.1, 0.15) is 0 Å². The zero-order valence-electron chi connectivity index (χ0n) is 13.6. The van der Waals surface area contributed by atoms with Crippen molar-refractivity contribution in [3.05, 3.63) is 29.3 Å². The molecule has 0 saturated carbocycles. The Morgan fingerprint density at radius 2 is 2.10 bits per heavy atom. The summed E-state index contributed by atoms with van der Waals surface area (Å²) in [5.74, 6) is 0.212. The molecule has 0 spiro atoms. The summed E-state index contributed by atoms with van der Waals surface area (Å²) < 4.78 is 0. The van der Waals surface area contributed by atoms with Crippen LogP contribution in [0.3, 0.4) is 0 Å². The Balaban J connectivity index is 2.21. The fraction of sp³-hybridized carbons (Fsp3) is 0.611. The van der Waals surface area contributed by atoms with Crippen LogP contribution in [0.1, 0.15) is 61.9 Å². The molecule has 3 nitrogen and oxygen atoms in total. The van der Waals surface area contributed by atoms with Crippen LogP contribution in [0, 0.1) is 6.92 Å². The standard InChI is InChI=1S/C18H28N2O/c1-4-16-9-7-6-8-12-20(16)18(21)17-11-10-15(19-5-2)13-14(17)3/h10-11,13,16,19H,4-9,12H2,1-3H3. The van der Waals surface area contributed by atoms with Crippen molar-refractivity contribution in [2.45, 2.75) is 58.9 Å². The molecule has 1 aliphatic heterocycles. The Morgan fingerprint density at radius 3 is 2.76 bits per heavy atom. The fourth-order valence-electron chi connectivity index (χ4n) is 3.24. The van der Waals surface area contributed by atoms with Gasteiger partial charge >= 0.3 is 0 Å². The molecule has 2 rings (SSSR count). The van der Waals surface area contributed by atoms with E-state index >= 15 is 0 Å². The van der Waals surface area contributed by atoms with Gasteiger partial charge < -0.3 is 10.2 Å². The second-order valence-corrected chi connectivity index (χ2v) is 5.97. The maximum absolute atomic E-state index is 12.9. The Morgan fingerprint density at radius 1 is 1.29 bits per heavy atom. The van der Waals surface area contributed by atoms with Crippen molar-refractivity contribution in [3.63, 3.8) is 0 Å². The van der Waals surface area contributed by atoms with Crippen molar-refractivity contribution in [2.75, 3.05) is 18.4 Å². The highest BCUT2D eigenvalue weighted by atomic mass is 16.2. The van der Waals surface area contributed by atoms with Crippen LogP contribution < -0.4 is 5.32 Å². The highest BCUT2D eigenvalue weighted by Gasteiger charge is 2.25. The number of carbonyl (C=O) groups is 1. The minimum absolute atomic E-state index is 0.212. The topological polar surface area (TPSA) is 32.3 Å². The van der Waals surface area contributed by atoms with Crippen molar-refractivity contribution < 1.29 is 4.79 Å². The molecule has 0 aromatic heterocycles. The Kier molecular flexibility index (Phi) is 5.66. The van der Waals surface area contributed by atoms with Crippen molar-refractivity contribution in [3.8, 4) is 0 Å². The molecule has 21 heavy (non-hydrogen) atoms. The number of likely N-dealkylation sites (tertiary alicyclic amines) is 1. The first-order valence-corrected chi connectivity index (χ1v) is 8.32. The normalized spacial score (nSPS) is 19.2. The summed E-state index contributed by atoms with van der Waals surface area (Å²) in [6.45, 7) is 8.12. The van der Waals surface area contributed by atoms with Gasteiger partial charge in [0.15, 0.2) is 0 Å². The van der Waals surface area contributed by atoms with Crippen LogP contribution >= 0.6 is 0 Å². The van der Waals surface area contributed by atoms with E-state index in [4.69, 9.17) is 0 Å². The lowest BCUT2D eigenvalue weighted by Gasteiger charge is -2.30. The van der Waals surface area contributed by atoms with E-state index in [2.05, 4.69) is 30.1 Å². The smallest absolute Gasteiger partial charge is 0.254 e. The minimum atomic E-state index is 0.212. The summed E-state index contributed by atoms with van der Waals surface area (Å²) in [6.07, 6.45) is 5.84. The Bertz CT molecular complexity index is 484. The number of aryl methyl sites for hydroxylation is 1. The van der Waals surface area contributed by atoms with Gasteiger partial charge in [-0.1, -0.05) is 19.8 Å². The number of rotatable bonds is 4. The van der Waals surface area contributed by atoms with Crippen molar-refractivity contribution in [1.29, 1.82) is 0 Å². The van der Waals surface area contributed by atoms with Gasteiger partial charge in [0, 0.05) is 30.4 Å². The predicted molar refractivity (Wildman–Crippen MR) is 88.9 cm³/mol. The Hall–Kier alpha value is -1.51. The summed E-state index contributed by atoms with van der Waals surface area (Å²) in [6, 6.07) is 6.48. The van der Waals surface area contributed by atoms with E-state index in [1.807, 2.05) is 19.1 Å². The molecule has 1 saturated heterocycles. The van der Waals surface area contributed by atoms with E-state index in [0.29, 0.717) is 6.04 Å². The van der Waals surface area contributed by atoms with Gasteiger partial charge in [-0.15, -0.1) is 0 Å². The molecule has 0 radical (unpaired) electrons. The Labute approximate surface area is 128 Å². The molecule has 1 fully saturated rings. The van der Waals surface area contributed by atoms with Gasteiger partial charge in [0.05, 0.1) is 0 Å². The van der Waals surface area contributed by atoms with E-state index in [-0.39, 0.29) is 5.91 Å². The number of hydrogen-bond acceptors (Lipinski definition) is 2. The van der Waals surface area contributed by atoms with Crippen LogP contribution in [0.2, 0.25) is 0 Å². The number of anilines is 1. The van der Waals surface area contributed by atoms with Crippen molar-refractivity contribution in [2.24, 2.45) is 0 Å². The summed E-state index contributed by atoms with van der Waals surface area (Å²) in [5, 5.41) is 3.30. The van der Waals surface area contributed by atoms with Crippen LogP contribution in [0.25, 0.3) is 0 Å². The van der Waals surface area contributed by atoms with E-state index in [1.165, 1.54) is 12.8 Å². The molecule has 1 unspecified atom stereocenters. The molecule has 1 N–H and O–H groups in total. The van der Waals surface area contributed by atoms with E-state index in [0.717, 1.165) is 49.2 Å². The van der Waals surface area contributed by atoms with Gasteiger partial charge in [-0.2, -0.15) is 0 Å². The van der Waals surface area contributed by atoms with E-state index < -0.39 is 0 Å². The third-order valence-corrected chi connectivity index (χ3v) is 4.45. The van der Waals surface area contributed by atoms with Crippen LogP contribution in [0.4, 0.5) is 5.69 Å². The third-order valence-electron chi connectivity index (χ3n) is 4.45. The zero-order chi connectivity index (χ0) is 15.2. The molecule has 1 aromatic rings. The second kappa shape index (κ2) is 7.48. The summed E-state index contributed by atoms with van der Waals surface area (Å²) >= 11 is 0. The summed E-state index contributed by atoms with van der Waals surface area (Å²) in [5.41, 5.74) is 3.02. The molecule has 0 aliphatic carbocycles. The van der Waals surface area contributed by atoms with Gasteiger partial charge in [0.25, 0.3) is 5.91 Å². The first kappa shape index (κ1) is 15.9. The maximum atomic E-state index is 12.9. The molecular formula is C18H28N2O. The van der Waals surface area contributed by atoms with Crippen molar-refractivity contribution >= 4 is 11.6 Å². The lowest BCUT2D eigenvalue weighted by atomic mass is 10.0. The van der Waals surface area contributed by atoms with Gasteiger partial charge in [-0.3, -0.25) is 4.79 Å². The maximum Gasteiger partial charge on any atom is 0.254 e. The second-order valence-electron chi connectivity index (χ2n) is 5.97. The third kappa shape index (κ3) is 3.78. The van der Waals surface area contributed by atoms with Crippen LogP contribution in [-0.4, -0.2) is 29.9 Å². The van der Waals surface area contributed by atoms with E-state index in [9.17, 15) is 4.79 Å². The zero-order valence-corrected chi connectivity index (χ0v) is 13.6. The number of benzene rings is 1. The lowest BCUT2D eigenvalue weighted by Crippen LogP contribution is -2.40. The first-order valence-electron chi connectivity index (χ1n) is 8.32. The SMILES string of the molecule is CCNc1ccc(C(=O)N2CCCCCC2CC)c(C)c1. The molecular weight excluding hydrogens is 260 g/mol. The molecule has 1 aliphatic rings. The highest BCUT2D eigenvalue weighted by Crippen LogP contribution is 2.23. The molecule has 3 heteroatoms. The minimum Gasteiger partial charge on any atom is -0.385 e. The quantitative estimate of drug-likeness (QED) is 0.899. The monoisotopic (exact) mass is 288 g/mol. The molecule has 1 heterocycles. The summed E-state index contributed by atoms with van der Waals surface area (Å²) in [7, 11) is 0. The lowest BCUT2D eigenvalue weighted by molar-refractivity contribution is 0.0677. The van der Waals surface area contributed by atoms with Crippen molar-refractivity contribution in [1.82, 2.24) is 4.90 Å². The number of nitrogens with one attached hydrogen (secondary N) is 1. The van der Waals surface area contributed by atoms with E-state index in [1.54, 1.807) is 0 Å². The van der Waals surface area contributed by atoms with Crippen LogP contribution in [0.15, 0.2) is 18.2 Å². The van der Waals surface area contributed by atoms with Gasteiger partial charge in [0.2, 0.25) is 0 Å². The predicted octanol–water partition coefficient (Wildman–Crippen LogP) is 4.22. The molecule has 1 aromatic carbocycles. The molecule has 1 amide bonds. The largest absolute Gasteiger partial charge is 0.385 e. The molecule has 116 valence electrons. The van der Waals surface area contributed by atoms with Crippen LogP contribution in [0.5, 0.6) is 0 Å². The number of nitrogens with zero attached hydrogens (tertiary/aromatic N) is 1. The number of hydrogen-bond donors (Lipinski definition) is 1. The summed E-state index contributed by atoms with van der Waals surface area (Å²) in [4.78, 5) is 15.0. The average molecular weight is 288 g/mol. The fourth-order valence-corrected chi connectivity index (χ4v) is 3.24. The number of carbonyl (C=O) groups excluding carboxylic acids is 1. The number of amides is 1. The van der Waals surface area contributed by atoms with Gasteiger partial charge in [-0.25, -0.2) is 0 Å². The van der Waals surface area contributed by atoms with Crippen LogP contribution in [-0.2, 0) is 0 Å². The first-order chi connectivity index (χ1) is 10.2. The highest BCUT2D eigenvalue weighted by molar-refractivity contribution is 5.96. The molecule has 1 atom stereocenters. The average Bonchev–Trinajstić information content (AvgIpc) is 2.72. The van der Waals surface area contributed by atoms with Gasteiger partial charge in [-0.05, 0) is 56.9 Å². The molecule has 0 bridgehead atoms.